The van der Waals surface area contributed by atoms with E-state index in [9.17, 15) is 0 Å². The minimum atomic E-state index is 0.662. The molecule has 1 saturated heterocycles. The van der Waals surface area contributed by atoms with Crippen LogP contribution >= 0.6 is 0 Å². The molecule has 2 heterocycles. The fourth-order valence-corrected chi connectivity index (χ4v) is 3.69. The molecule has 1 aromatic rings. The summed E-state index contributed by atoms with van der Waals surface area (Å²) in [5.41, 5.74) is 1.24. The molecule has 2 aliphatic rings. The molecule has 0 bridgehead atoms. The largest absolute Gasteiger partial charge is 0.315 e. The zero-order chi connectivity index (χ0) is 13.8. The monoisotopic (exact) mass is 276 g/mol. The van der Waals surface area contributed by atoms with Gasteiger partial charge in [-0.15, -0.1) is 0 Å². The lowest BCUT2D eigenvalue weighted by atomic mass is 10.1. The third-order valence-electron chi connectivity index (χ3n) is 4.92. The molecule has 1 unspecified atom stereocenters. The predicted molar refractivity (Wildman–Crippen MR) is 81.7 cm³/mol. The lowest BCUT2D eigenvalue weighted by Crippen LogP contribution is -2.45. The van der Waals surface area contributed by atoms with Crippen molar-refractivity contribution in [2.75, 3.05) is 19.6 Å². The predicted octanol–water partition coefficient (Wildman–Crippen LogP) is 2.57. The summed E-state index contributed by atoms with van der Waals surface area (Å²) in [5, 5.41) is 8.35. The maximum Gasteiger partial charge on any atom is 0.0765 e. The highest BCUT2D eigenvalue weighted by Gasteiger charge is 2.21. The van der Waals surface area contributed by atoms with E-state index in [0.29, 0.717) is 12.1 Å². The van der Waals surface area contributed by atoms with Crippen LogP contribution in [0.15, 0.2) is 12.3 Å². The second-order valence-corrected chi connectivity index (χ2v) is 6.29. The van der Waals surface area contributed by atoms with Crippen molar-refractivity contribution in [3.8, 4) is 0 Å². The highest BCUT2D eigenvalue weighted by molar-refractivity contribution is 5.01. The molecule has 1 atom stereocenters. The van der Waals surface area contributed by atoms with E-state index >= 15 is 0 Å². The van der Waals surface area contributed by atoms with Crippen molar-refractivity contribution in [1.82, 2.24) is 20.0 Å². The lowest BCUT2D eigenvalue weighted by Gasteiger charge is -2.33. The Bertz CT molecular complexity index is 402. The fourth-order valence-electron chi connectivity index (χ4n) is 3.69. The molecule has 1 aliphatic carbocycles. The molecule has 0 amide bonds. The van der Waals surface area contributed by atoms with E-state index in [0.717, 1.165) is 19.6 Å². The Kier molecular flexibility index (Phi) is 4.73. The van der Waals surface area contributed by atoms with Crippen molar-refractivity contribution in [2.45, 2.75) is 64.1 Å². The van der Waals surface area contributed by atoms with Gasteiger partial charge in [-0.3, -0.25) is 9.58 Å². The maximum absolute atomic E-state index is 4.83. The first-order valence-electron chi connectivity index (χ1n) is 8.35. The van der Waals surface area contributed by atoms with E-state index < -0.39 is 0 Å². The van der Waals surface area contributed by atoms with Crippen LogP contribution in [0.25, 0.3) is 0 Å². The molecule has 2 fully saturated rings. The van der Waals surface area contributed by atoms with Gasteiger partial charge in [-0.25, -0.2) is 0 Å². The number of piperidine rings is 1. The molecule has 3 rings (SSSR count). The highest BCUT2D eigenvalue weighted by Crippen LogP contribution is 2.28. The molecular weight excluding hydrogens is 248 g/mol. The van der Waals surface area contributed by atoms with E-state index in [1.54, 1.807) is 0 Å². The summed E-state index contributed by atoms with van der Waals surface area (Å²) in [5.74, 6) is 0. The number of nitrogens with zero attached hydrogens (tertiary/aromatic N) is 3. The van der Waals surface area contributed by atoms with E-state index in [1.165, 1.54) is 50.8 Å². The summed E-state index contributed by atoms with van der Waals surface area (Å²) in [6.45, 7) is 6.70. The van der Waals surface area contributed by atoms with Gasteiger partial charge in [0.15, 0.2) is 0 Å². The normalized spacial score (nSPS) is 24.6. The number of nitrogens with one attached hydrogen (secondary N) is 1. The zero-order valence-electron chi connectivity index (χ0n) is 12.7. The average molecular weight is 276 g/mol. The SMILES string of the molecule is CCN(Cc1ccn(C2CCCC2)n1)C1CCCNC1. The van der Waals surface area contributed by atoms with Gasteiger partial charge in [0.2, 0.25) is 0 Å². The van der Waals surface area contributed by atoms with Crippen LogP contribution in [0.1, 0.15) is 57.2 Å². The number of rotatable bonds is 5. The van der Waals surface area contributed by atoms with Gasteiger partial charge in [0, 0.05) is 25.3 Å². The first kappa shape index (κ1) is 14.1. The minimum Gasteiger partial charge on any atom is -0.315 e. The van der Waals surface area contributed by atoms with Crippen molar-refractivity contribution in [1.29, 1.82) is 0 Å². The molecule has 112 valence electrons. The van der Waals surface area contributed by atoms with Gasteiger partial charge in [0.25, 0.3) is 0 Å². The number of aromatic nitrogens is 2. The molecule has 1 N–H and O–H groups in total. The summed E-state index contributed by atoms with van der Waals surface area (Å²) < 4.78 is 2.22. The molecule has 4 heteroatoms. The van der Waals surface area contributed by atoms with Crippen LogP contribution in [0.2, 0.25) is 0 Å². The second-order valence-electron chi connectivity index (χ2n) is 6.29. The summed E-state index contributed by atoms with van der Waals surface area (Å²) in [4.78, 5) is 2.58. The smallest absolute Gasteiger partial charge is 0.0765 e. The van der Waals surface area contributed by atoms with Gasteiger partial charge >= 0.3 is 0 Å². The van der Waals surface area contributed by atoms with Crippen LogP contribution in [0.4, 0.5) is 0 Å². The van der Waals surface area contributed by atoms with E-state index in [2.05, 4.69) is 34.1 Å². The van der Waals surface area contributed by atoms with Crippen molar-refractivity contribution in [3.05, 3.63) is 18.0 Å². The quantitative estimate of drug-likeness (QED) is 0.897. The van der Waals surface area contributed by atoms with Crippen molar-refractivity contribution < 1.29 is 0 Å². The third kappa shape index (κ3) is 3.23. The van der Waals surface area contributed by atoms with Crippen LogP contribution in [0.5, 0.6) is 0 Å². The van der Waals surface area contributed by atoms with Crippen LogP contribution < -0.4 is 5.32 Å². The third-order valence-corrected chi connectivity index (χ3v) is 4.92. The topological polar surface area (TPSA) is 33.1 Å². The van der Waals surface area contributed by atoms with Gasteiger partial charge < -0.3 is 5.32 Å². The van der Waals surface area contributed by atoms with Crippen LogP contribution in [0.3, 0.4) is 0 Å². The number of hydrogen-bond donors (Lipinski definition) is 1. The summed E-state index contributed by atoms with van der Waals surface area (Å²) >= 11 is 0. The molecular formula is C16H28N4. The Morgan fingerprint density at radius 1 is 1.30 bits per heavy atom. The molecule has 1 aromatic heterocycles. The standard InChI is InChI=1S/C16H28N4/c1-2-19(16-8-5-10-17-12-16)13-14-9-11-20(18-14)15-6-3-4-7-15/h9,11,15-17H,2-8,10,12-13H2,1H3. The maximum atomic E-state index is 4.83. The molecule has 4 nitrogen and oxygen atoms in total. The molecule has 1 saturated carbocycles. The van der Waals surface area contributed by atoms with E-state index in [-0.39, 0.29) is 0 Å². The Hall–Kier alpha value is -0.870. The van der Waals surface area contributed by atoms with Gasteiger partial charge in [-0.2, -0.15) is 5.10 Å². The van der Waals surface area contributed by atoms with Crippen LogP contribution in [-0.4, -0.2) is 40.4 Å². The van der Waals surface area contributed by atoms with Crippen molar-refractivity contribution in [2.24, 2.45) is 0 Å². The summed E-state index contributed by atoms with van der Waals surface area (Å²) in [7, 11) is 0. The van der Waals surface area contributed by atoms with Gasteiger partial charge in [0.1, 0.15) is 0 Å². The van der Waals surface area contributed by atoms with E-state index in [1.807, 2.05) is 0 Å². The Morgan fingerprint density at radius 3 is 2.85 bits per heavy atom. The Morgan fingerprint density at radius 2 is 2.15 bits per heavy atom. The number of hydrogen-bond acceptors (Lipinski definition) is 3. The second kappa shape index (κ2) is 6.72. The lowest BCUT2D eigenvalue weighted by molar-refractivity contribution is 0.164. The van der Waals surface area contributed by atoms with Crippen molar-refractivity contribution in [3.63, 3.8) is 0 Å². The molecule has 1 aliphatic heterocycles. The van der Waals surface area contributed by atoms with Gasteiger partial charge in [-0.1, -0.05) is 19.8 Å². The minimum absolute atomic E-state index is 0.662. The van der Waals surface area contributed by atoms with Crippen molar-refractivity contribution >= 4 is 0 Å². The summed E-state index contributed by atoms with van der Waals surface area (Å²) in [6.07, 6.45) is 10.2. The zero-order valence-corrected chi connectivity index (χ0v) is 12.7. The van der Waals surface area contributed by atoms with Gasteiger partial charge in [0.05, 0.1) is 11.7 Å². The van der Waals surface area contributed by atoms with Gasteiger partial charge in [-0.05, 0) is 44.8 Å². The number of likely N-dealkylation sites (N-methyl/N-ethyl adjacent to an activating group) is 1. The fraction of sp³-hybridized carbons (Fsp3) is 0.812. The van der Waals surface area contributed by atoms with Crippen LogP contribution in [0, 0.1) is 0 Å². The molecule has 0 spiro atoms. The average Bonchev–Trinajstić information content (AvgIpc) is 3.16. The van der Waals surface area contributed by atoms with E-state index in [4.69, 9.17) is 5.10 Å². The highest BCUT2D eigenvalue weighted by atomic mass is 15.3. The first-order chi connectivity index (χ1) is 9.86. The van der Waals surface area contributed by atoms with Crippen LogP contribution in [-0.2, 0) is 6.54 Å². The summed E-state index contributed by atoms with van der Waals surface area (Å²) in [6, 6.07) is 3.57. The molecule has 20 heavy (non-hydrogen) atoms. The molecule has 0 aromatic carbocycles. The Balaban J connectivity index is 1.60. The first-order valence-corrected chi connectivity index (χ1v) is 8.35. The Labute approximate surface area is 122 Å². The molecule has 0 radical (unpaired) electrons.